The molecular formula is C14H13Cl2N. The van der Waals surface area contributed by atoms with Crippen molar-refractivity contribution < 1.29 is 0 Å². The third-order valence-electron chi connectivity index (χ3n) is 2.69. The normalized spacial score (nSPS) is 12.4. The molecule has 0 radical (unpaired) electrons. The van der Waals surface area contributed by atoms with Gasteiger partial charge >= 0.3 is 0 Å². The summed E-state index contributed by atoms with van der Waals surface area (Å²) in [5, 5.41) is 4.75. The molecule has 0 heterocycles. The van der Waals surface area contributed by atoms with Crippen molar-refractivity contribution in [2.24, 2.45) is 0 Å². The first kappa shape index (κ1) is 12.4. The number of nitrogens with one attached hydrogen (secondary N) is 1. The van der Waals surface area contributed by atoms with Crippen LogP contribution < -0.4 is 5.32 Å². The van der Waals surface area contributed by atoms with E-state index in [1.807, 2.05) is 55.6 Å². The van der Waals surface area contributed by atoms with Crippen LogP contribution in [0.3, 0.4) is 0 Å². The van der Waals surface area contributed by atoms with Crippen molar-refractivity contribution in [3.63, 3.8) is 0 Å². The lowest BCUT2D eigenvalue weighted by Gasteiger charge is -2.18. The zero-order valence-electron chi connectivity index (χ0n) is 9.45. The molecule has 0 bridgehead atoms. The second kappa shape index (κ2) is 5.54. The van der Waals surface area contributed by atoms with E-state index in [1.54, 1.807) is 0 Å². The van der Waals surface area contributed by atoms with Gasteiger partial charge in [0.2, 0.25) is 0 Å². The van der Waals surface area contributed by atoms with Gasteiger partial charge in [-0.2, -0.15) is 0 Å². The van der Waals surface area contributed by atoms with Gasteiger partial charge in [0, 0.05) is 10.0 Å². The van der Waals surface area contributed by atoms with E-state index in [2.05, 4.69) is 5.32 Å². The Morgan fingerprint density at radius 2 is 1.76 bits per heavy atom. The summed E-state index contributed by atoms with van der Waals surface area (Å²) in [7, 11) is 1.91. The first-order valence-electron chi connectivity index (χ1n) is 5.39. The van der Waals surface area contributed by atoms with Gasteiger partial charge in [0.1, 0.15) is 0 Å². The molecule has 0 fully saturated rings. The number of benzene rings is 2. The molecule has 0 aliphatic rings. The van der Waals surface area contributed by atoms with E-state index in [0.717, 1.165) is 21.2 Å². The molecule has 1 unspecified atom stereocenters. The highest BCUT2D eigenvalue weighted by atomic mass is 35.5. The average Bonchev–Trinajstić information content (AvgIpc) is 2.33. The number of hydrogen-bond acceptors (Lipinski definition) is 1. The predicted octanol–water partition coefficient (Wildman–Crippen LogP) is 4.30. The van der Waals surface area contributed by atoms with Crippen LogP contribution in [0.4, 0.5) is 0 Å². The lowest BCUT2D eigenvalue weighted by atomic mass is 9.99. The summed E-state index contributed by atoms with van der Waals surface area (Å²) in [5.74, 6) is 0. The van der Waals surface area contributed by atoms with Crippen molar-refractivity contribution in [1.29, 1.82) is 0 Å². The van der Waals surface area contributed by atoms with Crippen LogP contribution in [0.2, 0.25) is 10.0 Å². The SMILES string of the molecule is CNC(c1cccc(Cl)c1)c1ccccc1Cl. The first-order chi connectivity index (χ1) is 8.22. The Hall–Kier alpha value is -1.02. The second-order valence-corrected chi connectivity index (χ2v) is 4.64. The van der Waals surface area contributed by atoms with Crippen LogP contribution in [0.5, 0.6) is 0 Å². The minimum atomic E-state index is 0.0578. The molecule has 0 aliphatic carbocycles. The molecule has 2 aromatic rings. The number of rotatable bonds is 3. The summed E-state index contributed by atoms with van der Waals surface area (Å²) in [6.07, 6.45) is 0. The molecule has 17 heavy (non-hydrogen) atoms. The van der Waals surface area contributed by atoms with E-state index in [1.165, 1.54) is 0 Å². The second-order valence-electron chi connectivity index (χ2n) is 3.80. The maximum atomic E-state index is 6.21. The van der Waals surface area contributed by atoms with Crippen LogP contribution in [0, 0.1) is 0 Å². The molecule has 0 aromatic heterocycles. The summed E-state index contributed by atoms with van der Waals surface area (Å²) >= 11 is 12.2. The third-order valence-corrected chi connectivity index (χ3v) is 3.27. The average molecular weight is 266 g/mol. The van der Waals surface area contributed by atoms with Crippen molar-refractivity contribution >= 4 is 23.2 Å². The van der Waals surface area contributed by atoms with Gasteiger partial charge in [-0.3, -0.25) is 0 Å². The topological polar surface area (TPSA) is 12.0 Å². The third kappa shape index (κ3) is 2.81. The molecule has 1 atom stereocenters. The Morgan fingerprint density at radius 1 is 1.00 bits per heavy atom. The van der Waals surface area contributed by atoms with Crippen LogP contribution in [-0.4, -0.2) is 7.05 Å². The van der Waals surface area contributed by atoms with E-state index in [0.29, 0.717) is 0 Å². The highest BCUT2D eigenvalue weighted by molar-refractivity contribution is 6.31. The summed E-state index contributed by atoms with van der Waals surface area (Å²) < 4.78 is 0. The standard InChI is InChI=1S/C14H13Cl2N/c1-17-14(10-5-4-6-11(15)9-10)12-7-2-3-8-13(12)16/h2-9,14,17H,1H3. The van der Waals surface area contributed by atoms with Crippen LogP contribution >= 0.6 is 23.2 Å². The molecule has 1 N–H and O–H groups in total. The van der Waals surface area contributed by atoms with Gasteiger partial charge in [0.05, 0.1) is 6.04 Å². The van der Waals surface area contributed by atoms with Crippen molar-refractivity contribution in [1.82, 2.24) is 5.32 Å². The van der Waals surface area contributed by atoms with Gasteiger partial charge < -0.3 is 5.32 Å². The molecule has 88 valence electrons. The summed E-state index contributed by atoms with van der Waals surface area (Å²) in [4.78, 5) is 0. The Labute approximate surface area is 111 Å². The van der Waals surface area contributed by atoms with E-state index in [4.69, 9.17) is 23.2 Å². The van der Waals surface area contributed by atoms with Gasteiger partial charge in [0.25, 0.3) is 0 Å². The van der Waals surface area contributed by atoms with Crippen LogP contribution in [0.25, 0.3) is 0 Å². The Kier molecular flexibility index (Phi) is 4.06. The quantitative estimate of drug-likeness (QED) is 0.873. The fraction of sp³-hybridized carbons (Fsp3) is 0.143. The Morgan fingerprint density at radius 3 is 2.41 bits per heavy atom. The zero-order valence-corrected chi connectivity index (χ0v) is 11.0. The molecule has 0 aliphatic heterocycles. The molecule has 3 heteroatoms. The lowest BCUT2D eigenvalue weighted by Crippen LogP contribution is -2.17. The van der Waals surface area contributed by atoms with E-state index >= 15 is 0 Å². The molecule has 2 rings (SSSR count). The van der Waals surface area contributed by atoms with Gasteiger partial charge in [-0.05, 0) is 36.4 Å². The Bertz CT molecular complexity index is 511. The van der Waals surface area contributed by atoms with Gasteiger partial charge in [0.15, 0.2) is 0 Å². The van der Waals surface area contributed by atoms with Crippen molar-refractivity contribution in [3.8, 4) is 0 Å². The fourth-order valence-electron chi connectivity index (χ4n) is 1.90. The van der Waals surface area contributed by atoms with E-state index < -0.39 is 0 Å². The molecule has 1 nitrogen and oxygen atoms in total. The van der Waals surface area contributed by atoms with Crippen LogP contribution in [-0.2, 0) is 0 Å². The number of halogens is 2. The number of hydrogen-bond donors (Lipinski definition) is 1. The van der Waals surface area contributed by atoms with E-state index in [-0.39, 0.29) is 6.04 Å². The van der Waals surface area contributed by atoms with E-state index in [9.17, 15) is 0 Å². The van der Waals surface area contributed by atoms with Gasteiger partial charge in [-0.1, -0.05) is 53.5 Å². The van der Waals surface area contributed by atoms with Crippen molar-refractivity contribution in [3.05, 3.63) is 69.7 Å². The van der Waals surface area contributed by atoms with Crippen molar-refractivity contribution in [2.75, 3.05) is 7.05 Å². The molecule has 0 saturated carbocycles. The highest BCUT2D eigenvalue weighted by Crippen LogP contribution is 2.28. The van der Waals surface area contributed by atoms with Crippen molar-refractivity contribution in [2.45, 2.75) is 6.04 Å². The molecule has 0 saturated heterocycles. The van der Waals surface area contributed by atoms with Gasteiger partial charge in [-0.25, -0.2) is 0 Å². The minimum Gasteiger partial charge on any atom is -0.309 e. The molecular weight excluding hydrogens is 253 g/mol. The monoisotopic (exact) mass is 265 g/mol. The molecule has 0 amide bonds. The first-order valence-corrected chi connectivity index (χ1v) is 6.15. The largest absolute Gasteiger partial charge is 0.309 e. The lowest BCUT2D eigenvalue weighted by molar-refractivity contribution is 0.692. The summed E-state index contributed by atoms with van der Waals surface area (Å²) in [5.41, 5.74) is 2.16. The van der Waals surface area contributed by atoms with Gasteiger partial charge in [-0.15, -0.1) is 0 Å². The van der Waals surface area contributed by atoms with Crippen LogP contribution in [0.1, 0.15) is 17.2 Å². The highest BCUT2D eigenvalue weighted by Gasteiger charge is 2.14. The fourth-order valence-corrected chi connectivity index (χ4v) is 2.34. The smallest absolute Gasteiger partial charge is 0.0589 e. The maximum absolute atomic E-state index is 6.21. The maximum Gasteiger partial charge on any atom is 0.0589 e. The minimum absolute atomic E-state index is 0.0578. The molecule has 2 aromatic carbocycles. The predicted molar refractivity (Wildman–Crippen MR) is 73.8 cm³/mol. The summed E-state index contributed by atoms with van der Waals surface area (Å²) in [6.45, 7) is 0. The summed E-state index contributed by atoms with van der Waals surface area (Å²) in [6, 6.07) is 15.7. The molecule has 0 spiro atoms. The van der Waals surface area contributed by atoms with Crippen LogP contribution in [0.15, 0.2) is 48.5 Å². The Balaban J connectivity index is 2.44. The zero-order chi connectivity index (χ0) is 12.3.